The van der Waals surface area contributed by atoms with Gasteiger partial charge in [-0.15, -0.1) is 0 Å². The van der Waals surface area contributed by atoms with Crippen LogP contribution in [0.15, 0.2) is 83.8 Å². The number of ether oxygens (including phenoxy) is 1. The SMILES string of the molecule is COc1ccc(N(C)C(=O)CCc2ccc(S(=O)(=O)NCCc3ccccc3)cc2)cc1. The minimum atomic E-state index is -3.57. The number of amides is 1. The molecule has 3 rings (SSSR count). The van der Waals surface area contributed by atoms with Gasteiger partial charge in [0.05, 0.1) is 12.0 Å². The molecule has 6 nitrogen and oxygen atoms in total. The maximum atomic E-state index is 12.5. The third-order valence-corrected chi connectivity index (χ3v) is 6.72. The van der Waals surface area contributed by atoms with E-state index in [1.54, 1.807) is 43.3 Å². The number of nitrogens with one attached hydrogen (secondary N) is 1. The van der Waals surface area contributed by atoms with Crippen LogP contribution in [0.3, 0.4) is 0 Å². The lowest BCUT2D eigenvalue weighted by atomic mass is 10.1. The van der Waals surface area contributed by atoms with Gasteiger partial charge in [0, 0.05) is 25.7 Å². The molecule has 0 aliphatic carbocycles. The van der Waals surface area contributed by atoms with Crippen LogP contribution in [0.5, 0.6) is 5.75 Å². The zero-order valence-electron chi connectivity index (χ0n) is 18.3. The molecular formula is C25H28N2O4S. The Bertz CT molecular complexity index is 1110. The Morgan fingerprint density at radius 2 is 1.50 bits per heavy atom. The molecule has 0 spiro atoms. The van der Waals surface area contributed by atoms with E-state index in [0.717, 1.165) is 22.6 Å². The number of sulfonamides is 1. The molecule has 168 valence electrons. The Morgan fingerprint density at radius 1 is 0.875 bits per heavy atom. The van der Waals surface area contributed by atoms with Gasteiger partial charge in [-0.1, -0.05) is 42.5 Å². The molecule has 0 atom stereocenters. The number of benzene rings is 3. The third kappa shape index (κ3) is 6.42. The highest BCUT2D eigenvalue weighted by Crippen LogP contribution is 2.19. The number of nitrogens with zero attached hydrogens (tertiary/aromatic N) is 1. The van der Waals surface area contributed by atoms with Crippen LogP contribution < -0.4 is 14.4 Å². The lowest BCUT2D eigenvalue weighted by molar-refractivity contribution is -0.118. The van der Waals surface area contributed by atoms with Crippen LogP contribution in [0.25, 0.3) is 0 Å². The Kier molecular flexibility index (Phi) is 8.03. The van der Waals surface area contributed by atoms with E-state index < -0.39 is 10.0 Å². The molecule has 0 unspecified atom stereocenters. The Hall–Kier alpha value is -3.16. The molecule has 1 amide bonds. The molecule has 0 aliphatic rings. The summed E-state index contributed by atoms with van der Waals surface area (Å²) >= 11 is 0. The van der Waals surface area contributed by atoms with Gasteiger partial charge < -0.3 is 9.64 Å². The standard InChI is InChI=1S/C25H28N2O4S/c1-27(22-11-13-23(31-2)14-12-22)25(28)17-10-21-8-15-24(16-9-21)32(29,30)26-19-18-20-6-4-3-5-7-20/h3-9,11-16,26H,10,17-19H2,1-2H3. The second-order valence-electron chi connectivity index (χ2n) is 7.43. The third-order valence-electron chi connectivity index (χ3n) is 5.24. The average molecular weight is 453 g/mol. The Labute approximate surface area is 189 Å². The Morgan fingerprint density at radius 3 is 2.12 bits per heavy atom. The van der Waals surface area contributed by atoms with Crippen molar-refractivity contribution in [1.29, 1.82) is 0 Å². The van der Waals surface area contributed by atoms with Crippen molar-refractivity contribution in [2.45, 2.75) is 24.2 Å². The minimum absolute atomic E-state index is 0.0190. The number of hydrogen-bond donors (Lipinski definition) is 1. The van der Waals surface area contributed by atoms with Crippen molar-refractivity contribution >= 4 is 21.6 Å². The van der Waals surface area contributed by atoms with Gasteiger partial charge in [0.25, 0.3) is 0 Å². The quantitative estimate of drug-likeness (QED) is 0.508. The summed E-state index contributed by atoms with van der Waals surface area (Å²) in [6.45, 7) is 0.334. The van der Waals surface area contributed by atoms with E-state index in [0.29, 0.717) is 25.8 Å². The second kappa shape index (κ2) is 10.9. The van der Waals surface area contributed by atoms with E-state index in [-0.39, 0.29) is 10.8 Å². The van der Waals surface area contributed by atoms with Gasteiger partial charge in [0.15, 0.2) is 0 Å². The molecule has 0 heterocycles. The molecule has 0 saturated carbocycles. The lowest BCUT2D eigenvalue weighted by Gasteiger charge is -2.17. The van der Waals surface area contributed by atoms with Crippen LogP contribution in [0.4, 0.5) is 5.69 Å². The van der Waals surface area contributed by atoms with Gasteiger partial charge in [0.2, 0.25) is 15.9 Å². The molecule has 7 heteroatoms. The van der Waals surface area contributed by atoms with Crippen LogP contribution in [0, 0.1) is 0 Å². The first kappa shape index (κ1) is 23.5. The predicted molar refractivity (Wildman–Crippen MR) is 127 cm³/mol. The molecular weight excluding hydrogens is 424 g/mol. The molecule has 3 aromatic rings. The van der Waals surface area contributed by atoms with Crippen molar-refractivity contribution in [3.05, 3.63) is 90.0 Å². The molecule has 0 radical (unpaired) electrons. The van der Waals surface area contributed by atoms with Crippen molar-refractivity contribution < 1.29 is 17.9 Å². The number of anilines is 1. The van der Waals surface area contributed by atoms with Gasteiger partial charge in [-0.05, 0) is 60.4 Å². The normalized spacial score (nSPS) is 11.2. The van der Waals surface area contributed by atoms with Crippen LogP contribution in [0.1, 0.15) is 17.5 Å². The van der Waals surface area contributed by atoms with E-state index in [1.165, 1.54) is 0 Å². The van der Waals surface area contributed by atoms with E-state index in [9.17, 15) is 13.2 Å². The average Bonchev–Trinajstić information content (AvgIpc) is 2.83. The first-order valence-electron chi connectivity index (χ1n) is 10.4. The van der Waals surface area contributed by atoms with E-state index in [2.05, 4.69) is 4.72 Å². The highest BCUT2D eigenvalue weighted by atomic mass is 32.2. The summed E-state index contributed by atoms with van der Waals surface area (Å²) in [5.41, 5.74) is 2.78. The fourth-order valence-corrected chi connectivity index (χ4v) is 4.29. The summed E-state index contributed by atoms with van der Waals surface area (Å²) in [6, 6.07) is 23.7. The zero-order valence-corrected chi connectivity index (χ0v) is 19.1. The largest absolute Gasteiger partial charge is 0.497 e. The van der Waals surface area contributed by atoms with Gasteiger partial charge in [-0.25, -0.2) is 13.1 Å². The zero-order chi connectivity index (χ0) is 23.0. The van der Waals surface area contributed by atoms with E-state index in [1.807, 2.05) is 54.6 Å². The first-order valence-corrected chi connectivity index (χ1v) is 11.9. The summed E-state index contributed by atoms with van der Waals surface area (Å²) in [5.74, 6) is 0.716. The lowest BCUT2D eigenvalue weighted by Crippen LogP contribution is -2.26. The van der Waals surface area contributed by atoms with Crippen LogP contribution >= 0.6 is 0 Å². The molecule has 0 aromatic heterocycles. The highest BCUT2D eigenvalue weighted by molar-refractivity contribution is 7.89. The molecule has 3 aromatic carbocycles. The van der Waals surface area contributed by atoms with Crippen LogP contribution in [0.2, 0.25) is 0 Å². The van der Waals surface area contributed by atoms with Crippen molar-refractivity contribution in [2.75, 3.05) is 25.6 Å². The van der Waals surface area contributed by atoms with Crippen molar-refractivity contribution in [1.82, 2.24) is 4.72 Å². The number of carbonyl (C=O) groups excluding carboxylic acids is 1. The van der Waals surface area contributed by atoms with Gasteiger partial charge >= 0.3 is 0 Å². The number of hydrogen-bond acceptors (Lipinski definition) is 4. The topological polar surface area (TPSA) is 75.7 Å². The summed E-state index contributed by atoms with van der Waals surface area (Å²) < 4.78 is 32.8. The maximum Gasteiger partial charge on any atom is 0.240 e. The molecule has 0 aliphatic heterocycles. The predicted octanol–water partition coefficient (Wildman–Crippen LogP) is 3.81. The van der Waals surface area contributed by atoms with Crippen molar-refractivity contribution in [3.63, 3.8) is 0 Å². The van der Waals surface area contributed by atoms with Crippen molar-refractivity contribution in [2.24, 2.45) is 0 Å². The summed E-state index contributed by atoms with van der Waals surface area (Å²) in [7, 11) is -0.234. The number of carbonyl (C=O) groups is 1. The smallest absolute Gasteiger partial charge is 0.240 e. The number of rotatable bonds is 10. The fourth-order valence-electron chi connectivity index (χ4n) is 3.26. The minimum Gasteiger partial charge on any atom is -0.497 e. The maximum absolute atomic E-state index is 12.5. The summed E-state index contributed by atoms with van der Waals surface area (Å²) in [4.78, 5) is 14.3. The van der Waals surface area contributed by atoms with Crippen LogP contribution in [-0.2, 0) is 27.7 Å². The summed E-state index contributed by atoms with van der Waals surface area (Å²) in [6.07, 6.45) is 1.48. The highest BCUT2D eigenvalue weighted by Gasteiger charge is 2.14. The molecule has 32 heavy (non-hydrogen) atoms. The fraction of sp³-hybridized carbons (Fsp3) is 0.240. The Balaban J connectivity index is 1.51. The van der Waals surface area contributed by atoms with Crippen molar-refractivity contribution in [3.8, 4) is 5.75 Å². The second-order valence-corrected chi connectivity index (χ2v) is 9.20. The summed E-state index contributed by atoms with van der Waals surface area (Å²) in [5, 5.41) is 0. The van der Waals surface area contributed by atoms with Gasteiger partial charge in [0.1, 0.15) is 5.75 Å². The number of methoxy groups -OCH3 is 1. The van der Waals surface area contributed by atoms with E-state index in [4.69, 9.17) is 4.74 Å². The molecule has 0 saturated heterocycles. The van der Waals surface area contributed by atoms with Gasteiger partial charge in [-0.3, -0.25) is 4.79 Å². The molecule has 0 fully saturated rings. The van der Waals surface area contributed by atoms with Crippen LogP contribution in [-0.4, -0.2) is 35.0 Å². The van der Waals surface area contributed by atoms with Gasteiger partial charge in [-0.2, -0.15) is 0 Å². The molecule has 1 N–H and O–H groups in total. The first-order chi connectivity index (χ1) is 15.4. The van der Waals surface area contributed by atoms with E-state index >= 15 is 0 Å². The number of aryl methyl sites for hydroxylation is 1. The monoisotopic (exact) mass is 452 g/mol. The molecule has 0 bridgehead atoms.